The monoisotopic (exact) mass is 299 g/mol. The number of carbonyl (C=O) groups is 1. The molecule has 1 aliphatic carbocycles. The normalized spacial score (nSPS) is 17.0. The first-order valence-corrected chi connectivity index (χ1v) is 8.13. The van der Waals surface area contributed by atoms with Crippen molar-refractivity contribution >= 4 is 15.9 Å². The van der Waals surface area contributed by atoms with Gasteiger partial charge in [0.1, 0.15) is 10.6 Å². The van der Waals surface area contributed by atoms with Crippen LogP contribution in [0.25, 0.3) is 0 Å². The fraction of sp³-hybridized carbons (Fsp3) is 0.615. The van der Waals surface area contributed by atoms with Crippen LogP contribution in [0.1, 0.15) is 30.3 Å². The molecule has 1 heterocycles. The van der Waals surface area contributed by atoms with E-state index in [1.54, 1.807) is 23.6 Å². The Morgan fingerprint density at radius 1 is 1.50 bits per heavy atom. The summed E-state index contributed by atoms with van der Waals surface area (Å²) in [6.07, 6.45) is 3.77. The van der Waals surface area contributed by atoms with E-state index in [0.717, 1.165) is 12.8 Å². The Labute approximate surface area is 119 Å². The first kappa shape index (κ1) is 15.1. The predicted molar refractivity (Wildman–Crippen MR) is 75.9 cm³/mol. The van der Waals surface area contributed by atoms with E-state index in [9.17, 15) is 13.2 Å². The van der Waals surface area contributed by atoms with Crippen LogP contribution in [0.5, 0.6) is 0 Å². The number of hydrogen-bond acceptors (Lipinski definition) is 3. The Kier molecular flexibility index (Phi) is 3.93. The molecule has 1 N–H and O–H groups in total. The molecule has 7 heteroatoms. The summed E-state index contributed by atoms with van der Waals surface area (Å²) >= 11 is 0. The lowest BCUT2D eigenvalue weighted by Gasteiger charge is -2.24. The van der Waals surface area contributed by atoms with Crippen LogP contribution in [0.2, 0.25) is 0 Å². The molecule has 1 amide bonds. The molecule has 0 bridgehead atoms. The Balaban J connectivity index is 2.26. The van der Waals surface area contributed by atoms with Gasteiger partial charge in [0.05, 0.1) is 0 Å². The third kappa shape index (κ3) is 2.73. The molecule has 1 fully saturated rings. The van der Waals surface area contributed by atoms with E-state index in [0.29, 0.717) is 11.6 Å². The van der Waals surface area contributed by atoms with Crippen molar-refractivity contribution in [2.24, 2.45) is 13.0 Å². The first-order valence-electron chi connectivity index (χ1n) is 6.65. The Hall–Kier alpha value is -1.34. The summed E-state index contributed by atoms with van der Waals surface area (Å²) in [5.74, 6) is 0.425. The molecule has 0 saturated heterocycles. The molecule has 1 atom stereocenters. The molecule has 0 aliphatic heterocycles. The molecule has 6 nitrogen and oxygen atoms in total. The summed E-state index contributed by atoms with van der Waals surface area (Å²) in [5.41, 5.74) is 0.383. The van der Waals surface area contributed by atoms with E-state index < -0.39 is 10.0 Å². The summed E-state index contributed by atoms with van der Waals surface area (Å²) in [5, 5.41) is 0. The van der Waals surface area contributed by atoms with Crippen molar-refractivity contribution in [3.8, 4) is 0 Å². The Morgan fingerprint density at radius 2 is 2.10 bits per heavy atom. The first-order chi connectivity index (χ1) is 9.27. The Morgan fingerprint density at radius 3 is 2.60 bits per heavy atom. The van der Waals surface area contributed by atoms with Gasteiger partial charge in [0.2, 0.25) is 10.0 Å². The fourth-order valence-corrected chi connectivity index (χ4v) is 3.07. The van der Waals surface area contributed by atoms with Crippen molar-refractivity contribution in [3.63, 3.8) is 0 Å². The van der Waals surface area contributed by atoms with E-state index in [4.69, 9.17) is 0 Å². The van der Waals surface area contributed by atoms with Crippen molar-refractivity contribution < 1.29 is 13.2 Å². The molecule has 2 rings (SSSR count). The molecular formula is C13H21N3O3S. The van der Waals surface area contributed by atoms with E-state index >= 15 is 0 Å². The molecular weight excluding hydrogens is 278 g/mol. The molecule has 1 aromatic rings. The lowest BCUT2D eigenvalue weighted by molar-refractivity contribution is 0.0717. The zero-order valence-electron chi connectivity index (χ0n) is 12.3. The summed E-state index contributed by atoms with van der Waals surface area (Å²) in [7, 11) is 1.27. The van der Waals surface area contributed by atoms with Gasteiger partial charge in [-0.15, -0.1) is 0 Å². The van der Waals surface area contributed by atoms with Crippen LogP contribution in [0.4, 0.5) is 0 Å². The number of nitrogens with one attached hydrogen (secondary N) is 1. The number of aromatic nitrogens is 1. The second-order valence-corrected chi connectivity index (χ2v) is 7.26. The fourth-order valence-electron chi connectivity index (χ4n) is 2.27. The maximum absolute atomic E-state index is 12.5. The second-order valence-electron chi connectivity index (χ2n) is 5.37. The number of carbonyl (C=O) groups excluding carboxylic acids is 1. The standard InChI is InChI=1S/C13H21N3O3S/c1-9(10-5-6-10)16(4)13(17)12-7-11(8-15(12)3)20(18,19)14-2/h7-10,14H,5-6H2,1-4H3. The number of hydrogen-bond donors (Lipinski definition) is 1. The zero-order valence-corrected chi connectivity index (χ0v) is 13.1. The number of rotatable bonds is 5. The highest BCUT2D eigenvalue weighted by atomic mass is 32.2. The molecule has 1 saturated carbocycles. The van der Waals surface area contributed by atoms with Gasteiger partial charge in [-0.05, 0) is 38.8 Å². The number of nitrogens with zero attached hydrogens (tertiary/aromatic N) is 2. The van der Waals surface area contributed by atoms with Gasteiger partial charge in [0.25, 0.3) is 5.91 Å². The molecule has 1 aromatic heterocycles. The minimum Gasteiger partial charge on any atom is -0.345 e. The zero-order chi connectivity index (χ0) is 15.1. The molecule has 1 unspecified atom stereocenters. The highest BCUT2D eigenvalue weighted by Gasteiger charge is 2.33. The van der Waals surface area contributed by atoms with Gasteiger partial charge >= 0.3 is 0 Å². The lowest BCUT2D eigenvalue weighted by Crippen LogP contribution is -2.37. The van der Waals surface area contributed by atoms with E-state index in [2.05, 4.69) is 4.72 Å². The molecule has 112 valence electrons. The molecule has 0 radical (unpaired) electrons. The van der Waals surface area contributed by atoms with Gasteiger partial charge in [-0.3, -0.25) is 4.79 Å². The summed E-state index contributed by atoms with van der Waals surface area (Å²) in [4.78, 5) is 14.3. The van der Waals surface area contributed by atoms with Crippen molar-refractivity contribution in [1.29, 1.82) is 0 Å². The number of aryl methyl sites for hydroxylation is 1. The molecule has 1 aliphatic rings. The van der Waals surface area contributed by atoms with E-state index in [-0.39, 0.29) is 16.8 Å². The van der Waals surface area contributed by atoms with Crippen molar-refractivity contribution in [1.82, 2.24) is 14.2 Å². The summed E-state index contributed by atoms with van der Waals surface area (Å²) < 4.78 is 27.3. The van der Waals surface area contributed by atoms with Crippen LogP contribution in [0, 0.1) is 5.92 Å². The van der Waals surface area contributed by atoms with Crippen molar-refractivity contribution in [3.05, 3.63) is 18.0 Å². The summed E-state index contributed by atoms with van der Waals surface area (Å²) in [6, 6.07) is 1.60. The average Bonchev–Trinajstić information content (AvgIpc) is 3.18. The van der Waals surface area contributed by atoms with Crippen LogP contribution in [0.3, 0.4) is 0 Å². The molecule has 0 spiro atoms. The van der Waals surface area contributed by atoms with Gasteiger partial charge < -0.3 is 9.47 Å². The maximum atomic E-state index is 12.5. The largest absolute Gasteiger partial charge is 0.345 e. The molecule has 0 aromatic carbocycles. The Bertz CT molecular complexity index is 617. The lowest BCUT2D eigenvalue weighted by atomic mass is 10.2. The predicted octanol–water partition coefficient (Wildman–Crippen LogP) is 0.804. The average molecular weight is 299 g/mol. The number of amides is 1. The topological polar surface area (TPSA) is 71.4 Å². The van der Waals surface area contributed by atoms with Crippen LogP contribution in [0.15, 0.2) is 17.2 Å². The molecule has 20 heavy (non-hydrogen) atoms. The number of sulfonamides is 1. The van der Waals surface area contributed by atoms with Crippen molar-refractivity contribution in [2.75, 3.05) is 14.1 Å². The van der Waals surface area contributed by atoms with Crippen LogP contribution in [-0.4, -0.2) is 43.9 Å². The minimum absolute atomic E-state index is 0.110. The van der Waals surface area contributed by atoms with Crippen LogP contribution < -0.4 is 4.72 Å². The SMILES string of the molecule is CNS(=O)(=O)c1cc(C(=O)N(C)C(C)C2CC2)n(C)c1. The maximum Gasteiger partial charge on any atom is 0.270 e. The quantitative estimate of drug-likeness (QED) is 0.874. The van der Waals surface area contributed by atoms with Crippen LogP contribution in [-0.2, 0) is 17.1 Å². The summed E-state index contributed by atoms with van der Waals surface area (Å²) in [6.45, 7) is 2.03. The van der Waals surface area contributed by atoms with Gasteiger partial charge in [-0.25, -0.2) is 13.1 Å². The van der Waals surface area contributed by atoms with Crippen LogP contribution >= 0.6 is 0 Å². The van der Waals surface area contributed by atoms with E-state index in [1.807, 2.05) is 6.92 Å². The highest BCUT2D eigenvalue weighted by Crippen LogP contribution is 2.35. The van der Waals surface area contributed by atoms with Gasteiger partial charge in [-0.1, -0.05) is 0 Å². The van der Waals surface area contributed by atoms with Gasteiger partial charge in [0, 0.05) is 26.3 Å². The third-order valence-corrected chi connectivity index (χ3v) is 5.39. The third-order valence-electron chi connectivity index (χ3n) is 4.01. The second kappa shape index (κ2) is 5.21. The van der Waals surface area contributed by atoms with Gasteiger partial charge in [-0.2, -0.15) is 0 Å². The van der Waals surface area contributed by atoms with Gasteiger partial charge in [0.15, 0.2) is 0 Å². The highest BCUT2D eigenvalue weighted by molar-refractivity contribution is 7.89. The smallest absolute Gasteiger partial charge is 0.270 e. The minimum atomic E-state index is -3.52. The van der Waals surface area contributed by atoms with E-state index in [1.165, 1.54) is 19.3 Å². The van der Waals surface area contributed by atoms with Crippen molar-refractivity contribution in [2.45, 2.75) is 30.7 Å².